The van der Waals surface area contributed by atoms with E-state index in [0.717, 1.165) is 0 Å². The molecule has 1 aromatic rings. The van der Waals surface area contributed by atoms with Gasteiger partial charge in [0.1, 0.15) is 0 Å². The molecule has 0 saturated carbocycles. The van der Waals surface area contributed by atoms with Crippen molar-refractivity contribution in [3.63, 3.8) is 0 Å². The third-order valence-electron chi connectivity index (χ3n) is 1.85. The number of anilines is 1. The summed E-state index contributed by atoms with van der Waals surface area (Å²) in [5.41, 5.74) is 0.484. The SMILES string of the molecule is O=C(O)CCCS(=O)(=O)Nc1ccccc1. The van der Waals surface area contributed by atoms with Gasteiger partial charge in [0.2, 0.25) is 10.0 Å². The number of nitrogens with one attached hydrogen (secondary N) is 1. The first-order valence-corrected chi connectivity index (χ1v) is 6.42. The maximum absolute atomic E-state index is 11.5. The molecule has 0 bridgehead atoms. The Labute approximate surface area is 94.2 Å². The summed E-state index contributed by atoms with van der Waals surface area (Å²) in [6.07, 6.45) is -0.0345. The largest absolute Gasteiger partial charge is 0.481 e. The van der Waals surface area contributed by atoms with Crippen LogP contribution in [0.3, 0.4) is 0 Å². The van der Waals surface area contributed by atoms with Gasteiger partial charge in [-0.3, -0.25) is 9.52 Å². The molecule has 0 aliphatic rings. The molecule has 88 valence electrons. The molecule has 0 saturated heterocycles. The van der Waals surface area contributed by atoms with E-state index >= 15 is 0 Å². The molecule has 2 N–H and O–H groups in total. The van der Waals surface area contributed by atoms with Gasteiger partial charge in [0.05, 0.1) is 5.75 Å². The van der Waals surface area contributed by atoms with Crippen molar-refractivity contribution in [2.45, 2.75) is 12.8 Å². The number of hydrogen-bond acceptors (Lipinski definition) is 3. The van der Waals surface area contributed by atoms with Crippen LogP contribution in [0, 0.1) is 0 Å². The van der Waals surface area contributed by atoms with E-state index in [2.05, 4.69) is 4.72 Å². The minimum Gasteiger partial charge on any atom is -0.481 e. The molecule has 6 heteroatoms. The fourth-order valence-electron chi connectivity index (χ4n) is 1.15. The summed E-state index contributed by atoms with van der Waals surface area (Å²) in [5, 5.41) is 8.38. The molecule has 0 aromatic heterocycles. The van der Waals surface area contributed by atoms with Crippen molar-refractivity contribution < 1.29 is 18.3 Å². The highest BCUT2D eigenvalue weighted by atomic mass is 32.2. The highest BCUT2D eigenvalue weighted by Gasteiger charge is 2.10. The monoisotopic (exact) mass is 243 g/mol. The molecule has 0 atom stereocenters. The van der Waals surface area contributed by atoms with E-state index in [9.17, 15) is 13.2 Å². The number of carboxylic acid groups (broad SMARTS) is 1. The molecule has 0 spiro atoms. The summed E-state index contributed by atoms with van der Waals surface area (Å²) in [4.78, 5) is 10.2. The topological polar surface area (TPSA) is 83.5 Å². The van der Waals surface area contributed by atoms with Crippen LogP contribution in [0.2, 0.25) is 0 Å². The van der Waals surface area contributed by atoms with Crippen molar-refractivity contribution in [2.75, 3.05) is 10.5 Å². The van der Waals surface area contributed by atoms with Crippen LogP contribution in [0.4, 0.5) is 5.69 Å². The van der Waals surface area contributed by atoms with Gasteiger partial charge in [-0.05, 0) is 18.6 Å². The highest BCUT2D eigenvalue weighted by molar-refractivity contribution is 7.92. The van der Waals surface area contributed by atoms with Crippen LogP contribution in [0.25, 0.3) is 0 Å². The molecule has 0 amide bonds. The van der Waals surface area contributed by atoms with E-state index in [4.69, 9.17) is 5.11 Å². The van der Waals surface area contributed by atoms with Crippen LogP contribution in [0.1, 0.15) is 12.8 Å². The summed E-state index contributed by atoms with van der Waals surface area (Å²) >= 11 is 0. The van der Waals surface area contributed by atoms with Crippen LogP contribution in [-0.2, 0) is 14.8 Å². The van der Waals surface area contributed by atoms with Crippen LogP contribution in [-0.4, -0.2) is 25.2 Å². The number of carboxylic acids is 1. The molecule has 1 aromatic carbocycles. The highest BCUT2D eigenvalue weighted by Crippen LogP contribution is 2.08. The second kappa shape index (κ2) is 5.50. The molecule has 0 aliphatic heterocycles. The second-order valence-corrected chi connectivity index (χ2v) is 5.13. The Balaban J connectivity index is 2.49. The van der Waals surface area contributed by atoms with Crippen molar-refractivity contribution in [3.8, 4) is 0 Å². The number of rotatable bonds is 6. The first-order chi connectivity index (χ1) is 7.49. The van der Waals surface area contributed by atoms with E-state index in [0.29, 0.717) is 5.69 Å². The first-order valence-electron chi connectivity index (χ1n) is 4.77. The zero-order chi connectivity index (χ0) is 12.0. The number of hydrogen-bond donors (Lipinski definition) is 2. The number of aliphatic carboxylic acids is 1. The lowest BCUT2D eigenvalue weighted by Gasteiger charge is -2.06. The Bertz CT molecular complexity index is 441. The average molecular weight is 243 g/mol. The van der Waals surface area contributed by atoms with E-state index in [1.807, 2.05) is 0 Å². The van der Waals surface area contributed by atoms with Crippen molar-refractivity contribution in [1.82, 2.24) is 0 Å². The van der Waals surface area contributed by atoms with Crippen molar-refractivity contribution in [2.24, 2.45) is 0 Å². The molecular formula is C10H13NO4S. The van der Waals surface area contributed by atoms with Crippen LogP contribution >= 0.6 is 0 Å². The van der Waals surface area contributed by atoms with E-state index in [1.54, 1.807) is 30.3 Å². The molecule has 0 aliphatic carbocycles. The quantitative estimate of drug-likeness (QED) is 0.788. The summed E-state index contributed by atoms with van der Waals surface area (Å²) in [5.74, 6) is -1.18. The molecule has 1 rings (SSSR count). The van der Waals surface area contributed by atoms with Gasteiger partial charge in [-0.25, -0.2) is 8.42 Å². The van der Waals surface area contributed by atoms with E-state index in [-0.39, 0.29) is 18.6 Å². The Morgan fingerprint density at radius 1 is 1.25 bits per heavy atom. The fourth-order valence-corrected chi connectivity index (χ4v) is 2.27. The fraction of sp³-hybridized carbons (Fsp3) is 0.300. The molecule has 0 fully saturated rings. The minimum atomic E-state index is -3.44. The predicted octanol–water partition coefficient (Wildman–Crippen LogP) is 1.29. The maximum Gasteiger partial charge on any atom is 0.303 e. The van der Waals surface area contributed by atoms with Crippen LogP contribution in [0.5, 0.6) is 0 Å². The third-order valence-corrected chi connectivity index (χ3v) is 3.22. The van der Waals surface area contributed by atoms with Crippen LogP contribution < -0.4 is 4.72 Å². The number of sulfonamides is 1. The molecular weight excluding hydrogens is 230 g/mol. The number of para-hydroxylation sites is 1. The minimum absolute atomic E-state index is 0.109. The second-order valence-electron chi connectivity index (χ2n) is 3.28. The van der Waals surface area contributed by atoms with Crippen molar-refractivity contribution in [3.05, 3.63) is 30.3 Å². The van der Waals surface area contributed by atoms with Gasteiger partial charge < -0.3 is 5.11 Å². The van der Waals surface area contributed by atoms with Gasteiger partial charge in [-0.2, -0.15) is 0 Å². The normalized spacial score (nSPS) is 11.0. The summed E-state index contributed by atoms with van der Waals surface area (Å²) in [6, 6.07) is 8.48. The Morgan fingerprint density at radius 2 is 1.88 bits per heavy atom. The Hall–Kier alpha value is -1.56. The van der Waals surface area contributed by atoms with Gasteiger partial charge in [0.25, 0.3) is 0 Å². The molecule has 5 nitrogen and oxygen atoms in total. The van der Waals surface area contributed by atoms with Gasteiger partial charge in [-0.15, -0.1) is 0 Å². The maximum atomic E-state index is 11.5. The lowest BCUT2D eigenvalue weighted by molar-refractivity contribution is -0.137. The summed E-state index contributed by atoms with van der Waals surface area (Å²) in [6.45, 7) is 0. The predicted molar refractivity (Wildman–Crippen MR) is 60.7 cm³/mol. The van der Waals surface area contributed by atoms with Gasteiger partial charge in [0.15, 0.2) is 0 Å². The summed E-state index contributed by atoms with van der Waals surface area (Å²) < 4.78 is 25.3. The standard InChI is InChI=1S/C10H13NO4S/c12-10(13)7-4-8-16(14,15)11-9-5-2-1-3-6-9/h1-3,5-6,11H,4,7-8H2,(H,12,13). The number of carbonyl (C=O) groups is 1. The molecule has 0 radical (unpaired) electrons. The molecule has 0 unspecified atom stereocenters. The number of benzene rings is 1. The lowest BCUT2D eigenvalue weighted by Crippen LogP contribution is -2.17. The van der Waals surface area contributed by atoms with E-state index < -0.39 is 16.0 Å². The smallest absolute Gasteiger partial charge is 0.303 e. The van der Waals surface area contributed by atoms with Crippen LogP contribution in [0.15, 0.2) is 30.3 Å². The van der Waals surface area contributed by atoms with Crippen molar-refractivity contribution >= 4 is 21.7 Å². The molecule has 16 heavy (non-hydrogen) atoms. The first kappa shape index (κ1) is 12.5. The lowest BCUT2D eigenvalue weighted by atomic mass is 10.3. The zero-order valence-electron chi connectivity index (χ0n) is 8.59. The molecule has 0 heterocycles. The van der Waals surface area contributed by atoms with Gasteiger partial charge in [-0.1, -0.05) is 18.2 Å². The Morgan fingerprint density at radius 3 is 2.44 bits per heavy atom. The zero-order valence-corrected chi connectivity index (χ0v) is 9.40. The van der Waals surface area contributed by atoms with Gasteiger partial charge >= 0.3 is 5.97 Å². The van der Waals surface area contributed by atoms with E-state index in [1.165, 1.54) is 0 Å². The Kier molecular flexibility index (Phi) is 4.30. The van der Waals surface area contributed by atoms with Crippen molar-refractivity contribution in [1.29, 1.82) is 0 Å². The average Bonchev–Trinajstić information content (AvgIpc) is 2.17. The third kappa shape index (κ3) is 4.79. The van der Waals surface area contributed by atoms with Gasteiger partial charge in [0, 0.05) is 12.1 Å². The summed E-state index contributed by atoms with van der Waals surface area (Å²) in [7, 11) is -3.44.